The van der Waals surface area contributed by atoms with Crippen LogP contribution in [-0.4, -0.2) is 38.5 Å². The van der Waals surface area contributed by atoms with Gasteiger partial charge in [-0.3, -0.25) is 4.68 Å². The van der Waals surface area contributed by atoms with Gasteiger partial charge >= 0.3 is 6.03 Å². The molecule has 6 nitrogen and oxygen atoms in total. The van der Waals surface area contributed by atoms with Gasteiger partial charge in [-0.15, -0.1) is 0 Å². The van der Waals surface area contributed by atoms with Crippen molar-refractivity contribution in [3.05, 3.63) is 47.3 Å². The van der Waals surface area contributed by atoms with Gasteiger partial charge in [-0.1, -0.05) is 30.3 Å². The van der Waals surface area contributed by atoms with Crippen molar-refractivity contribution in [3.63, 3.8) is 0 Å². The second kappa shape index (κ2) is 8.67. The minimum absolute atomic E-state index is 0.0472. The summed E-state index contributed by atoms with van der Waals surface area (Å²) in [5.41, 5.74) is 3.58. The van der Waals surface area contributed by atoms with Crippen molar-refractivity contribution in [1.82, 2.24) is 14.7 Å². The number of carbonyl (C=O) groups excluding carboxylic acids is 1. The Morgan fingerprint density at radius 1 is 1.32 bits per heavy atom. The largest absolute Gasteiger partial charge is 0.396 e. The maximum atomic E-state index is 12.9. The van der Waals surface area contributed by atoms with Crippen molar-refractivity contribution in [3.8, 4) is 0 Å². The second-order valence-corrected chi connectivity index (χ2v) is 6.27. The van der Waals surface area contributed by atoms with Crippen molar-refractivity contribution < 1.29 is 9.90 Å². The first-order chi connectivity index (χ1) is 12.0. The van der Waals surface area contributed by atoms with E-state index in [1.807, 2.05) is 62.7 Å². The lowest BCUT2D eigenvalue weighted by molar-refractivity contribution is 0.169. The van der Waals surface area contributed by atoms with Gasteiger partial charge in [0.2, 0.25) is 0 Å². The predicted octanol–water partition coefficient (Wildman–Crippen LogP) is 3.32. The third-order valence-corrected chi connectivity index (χ3v) is 4.45. The molecule has 6 heteroatoms. The SMILES string of the molecule is CCn1nc(C)c(NC(=O)N(Cc2ccccc2)C(C)CCO)c1C. The summed E-state index contributed by atoms with van der Waals surface area (Å²) in [4.78, 5) is 14.7. The first-order valence-electron chi connectivity index (χ1n) is 8.74. The quantitative estimate of drug-likeness (QED) is 0.809. The molecule has 0 spiro atoms. The van der Waals surface area contributed by atoms with Gasteiger partial charge in [0.25, 0.3) is 0 Å². The average molecular weight is 344 g/mol. The van der Waals surface area contributed by atoms with Crippen LogP contribution in [0.2, 0.25) is 0 Å². The molecule has 25 heavy (non-hydrogen) atoms. The number of anilines is 1. The number of aliphatic hydroxyl groups is 1. The molecule has 1 unspecified atom stereocenters. The molecular weight excluding hydrogens is 316 g/mol. The highest BCUT2D eigenvalue weighted by molar-refractivity contribution is 5.90. The van der Waals surface area contributed by atoms with Crippen molar-refractivity contribution in [2.75, 3.05) is 11.9 Å². The summed E-state index contributed by atoms with van der Waals surface area (Å²) in [7, 11) is 0. The number of aliphatic hydroxyl groups excluding tert-OH is 1. The smallest absolute Gasteiger partial charge is 0.322 e. The summed E-state index contributed by atoms with van der Waals surface area (Å²) in [6, 6.07) is 9.62. The Bertz CT molecular complexity index is 697. The van der Waals surface area contributed by atoms with Gasteiger partial charge in [0.15, 0.2) is 0 Å². The molecule has 2 N–H and O–H groups in total. The minimum Gasteiger partial charge on any atom is -0.396 e. The van der Waals surface area contributed by atoms with Crippen LogP contribution in [0.4, 0.5) is 10.5 Å². The van der Waals surface area contributed by atoms with Crippen LogP contribution in [0.25, 0.3) is 0 Å². The summed E-state index contributed by atoms with van der Waals surface area (Å²) in [5, 5.41) is 16.7. The molecule has 1 atom stereocenters. The number of nitrogens with one attached hydrogen (secondary N) is 1. The number of amides is 2. The van der Waals surface area contributed by atoms with E-state index < -0.39 is 0 Å². The van der Waals surface area contributed by atoms with E-state index in [1.165, 1.54) is 0 Å². The van der Waals surface area contributed by atoms with Crippen LogP contribution >= 0.6 is 0 Å². The molecule has 2 aromatic rings. The van der Waals surface area contributed by atoms with Gasteiger partial charge in [0.05, 0.1) is 17.1 Å². The molecule has 0 saturated heterocycles. The van der Waals surface area contributed by atoms with Crippen LogP contribution in [0, 0.1) is 13.8 Å². The summed E-state index contributed by atoms with van der Waals surface area (Å²) in [5.74, 6) is 0. The Kier molecular flexibility index (Phi) is 6.58. The highest BCUT2D eigenvalue weighted by atomic mass is 16.3. The van der Waals surface area contributed by atoms with Gasteiger partial charge < -0.3 is 15.3 Å². The van der Waals surface area contributed by atoms with Crippen LogP contribution in [0.1, 0.15) is 37.2 Å². The normalized spacial score (nSPS) is 12.0. The minimum atomic E-state index is -0.174. The van der Waals surface area contributed by atoms with E-state index in [4.69, 9.17) is 0 Å². The van der Waals surface area contributed by atoms with E-state index in [-0.39, 0.29) is 18.7 Å². The number of nitrogens with zero attached hydrogens (tertiary/aromatic N) is 3. The lowest BCUT2D eigenvalue weighted by atomic mass is 10.1. The van der Waals surface area contributed by atoms with E-state index >= 15 is 0 Å². The summed E-state index contributed by atoms with van der Waals surface area (Å²) < 4.78 is 1.88. The van der Waals surface area contributed by atoms with Gasteiger partial charge in [-0.05, 0) is 39.7 Å². The van der Waals surface area contributed by atoms with E-state index in [0.29, 0.717) is 13.0 Å². The lowest BCUT2D eigenvalue weighted by Crippen LogP contribution is -2.41. The Labute approximate surface area is 149 Å². The van der Waals surface area contributed by atoms with Gasteiger partial charge in [0, 0.05) is 25.7 Å². The van der Waals surface area contributed by atoms with E-state index in [1.54, 1.807) is 4.90 Å². The van der Waals surface area contributed by atoms with Gasteiger partial charge in [0.1, 0.15) is 0 Å². The molecule has 0 bridgehead atoms. The fraction of sp³-hybridized carbons (Fsp3) is 0.474. The Morgan fingerprint density at radius 3 is 2.56 bits per heavy atom. The van der Waals surface area contributed by atoms with E-state index in [0.717, 1.165) is 29.2 Å². The van der Waals surface area contributed by atoms with Gasteiger partial charge in [-0.2, -0.15) is 5.10 Å². The molecule has 0 fully saturated rings. The van der Waals surface area contributed by atoms with Crippen molar-refractivity contribution in [1.29, 1.82) is 0 Å². The number of hydrogen-bond acceptors (Lipinski definition) is 3. The molecule has 1 aromatic carbocycles. The predicted molar refractivity (Wildman–Crippen MR) is 99.5 cm³/mol. The zero-order valence-corrected chi connectivity index (χ0v) is 15.5. The third-order valence-electron chi connectivity index (χ3n) is 4.45. The molecule has 1 heterocycles. The molecule has 1 aromatic heterocycles. The Morgan fingerprint density at radius 2 is 2.00 bits per heavy atom. The molecule has 0 saturated carbocycles. The van der Waals surface area contributed by atoms with Crippen LogP contribution in [-0.2, 0) is 13.1 Å². The van der Waals surface area contributed by atoms with Crippen LogP contribution < -0.4 is 5.32 Å². The molecule has 0 radical (unpaired) electrons. The molecule has 2 rings (SSSR count). The number of aryl methyl sites for hydroxylation is 2. The summed E-state index contributed by atoms with van der Waals surface area (Å²) in [6.45, 7) is 9.13. The van der Waals surface area contributed by atoms with Gasteiger partial charge in [-0.25, -0.2) is 4.79 Å². The standard InChI is InChI=1S/C19H28N4O2/c1-5-23-16(4)18(15(3)21-23)20-19(25)22(14(2)11-12-24)13-17-9-7-6-8-10-17/h6-10,14,24H,5,11-13H2,1-4H3,(H,20,25). The zero-order valence-electron chi connectivity index (χ0n) is 15.5. The molecule has 0 aliphatic rings. The molecule has 136 valence electrons. The van der Waals surface area contributed by atoms with Crippen molar-refractivity contribution in [2.45, 2.75) is 53.2 Å². The fourth-order valence-corrected chi connectivity index (χ4v) is 2.92. The highest BCUT2D eigenvalue weighted by Crippen LogP contribution is 2.21. The number of urea groups is 1. The van der Waals surface area contributed by atoms with Crippen LogP contribution in [0.15, 0.2) is 30.3 Å². The second-order valence-electron chi connectivity index (χ2n) is 6.27. The fourth-order valence-electron chi connectivity index (χ4n) is 2.92. The Balaban J connectivity index is 2.21. The molecule has 0 aliphatic heterocycles. The monoisotopic (exact) mass is 344 g/mol. The maximum Gasteiger partial charge on any atom is 0.322 e. The van der Waals surface area contributed by atoms with E-state index in [9.17, 15) is 9.90 Å². The van der Waals surface area contributed by atoms with Crippen molar-refractivity contribution >= 4 is 11.7 Å². The van der Waals surface area contributed by atoms with Crippen LogP contribution in [0.3, 0.4) is 0 Å². The maximum absolute atomic E-state index is 12.9. The highest BCUT2D eigenvalue weighted by Gasteiger charge is 2.22. The Hall–Kier alpha value is -2.34. The third kappa shape index (κ3) is 4.60. The molecule has 2 amide bonds. The van der Waals surface area contributed by atoms with Crippen molar-refractivity contribution in [2.24, 2.45) is 0 Å². The number of aromatic nitrogens is 2. The van der Waals surface area contributed by atoms with E-state index in [2.05, 4.69) is 10.4 Å². The first kappa shape index (κ1) is 19.0. The lowest BCUT2D eigenvalue weighted by Gasteiger charge is -2.29. The van der Waals surface area contributed by atoms with Crippen LogP contribution in [0.5, 0.6) is 0 Å². The average Bonchev–Trinajstić information content (AvgIpc) is 2.88. The summed E-state index contributed by atoms with van der Waals surface area (Å²) >= 11 is 0. The molecular formula is C19H28N4O2. The first-order valence-corrected chi connectivity index (χ1v) is 8.74. The topological polar surface area (TPSA) is 70.4 Å². The summed E-state index contributed by atoms with van der Waals surface area (Å²) in [6.07, 6.45) is 0.534. The number of rotatable bonds is 7. The number of carbonyl (C=O) groups is 1. The molecule has 0 aliphatic carbocycles. The number of benzene rings is 1. The number of hydrogen-bond donors (Lipinski definition) is 2. The zero-order chi connectivity index (χ0) is 18.4.